The van der Waals surface area contributed by atoms with Crippen LogP contribution in [0.3, 0.4) is 0 Å². The summed E-state index contributed by atoms with van der Waals surface area (Å²) in [4.78, 5) is 12.2. The van der Waals surface area contributed by atoms with E-state index in [1.54, 1.807) is 0 Å². The van der Waals surface area contributed by atoms with Crippen LogP contribution in [0.15, 0.2) is 0 Å². The van der Waals surface area contributed by atoms with Gasteiger partial charge in [-0.15, -0.1) is 0 Å². The predicted octanol–water partition coefficient (Wildman–Crippen LogP) is 1.52. The number of H-pyrrole nitrogens is 1. The highest BCUT2D eigenvalue weighted by molar-refractivity contribution is 5.95. The van der Waals surface area contributed by atoms with Crippen molar-refractivity contribution in [2.45, 2.75) is 37.7 Å². The van der Waals surface area contributed by atoms with Crippen LogP contribution in [0.25, 0.3) is 0 Å². The molecule has 2 aliphatic carbocycles. The molecule has 3 atom stereocenters. The number of nitrogens with one attached hydrogen (secondary N) is 2. The maximum absolute atomic E-state index is 12.2. The second-order valence-corrected chi connectivity index (χ2v) is 5.90. The number of fused-ring (bicyclic) bond motifs is 1. The highest BCUT2D eigenvalue weighted by Gasteiger charge is 2.57. The first-order valence-electron chi connectivity index (χ1n) is 7.20. The minimum absolute atomic E-state index is 0.0627. The topological polar surface area (TPSA) is 90.8 Å². The molecule has 20 heavy (non-hydrogen) atoms. The monoisotopic (exact) mass is 272 g/mol. The van der Waals surface area contributed by atoms with Crippen molar-refractivity contribution in [2.75, 3.05) is 11.9 Å². The largest absolute Gasteiger partial charge is 0.377 e. The molecule has 0 spiro atoms. The number of rotatable bonds is 3. The molecule has 6 heteroatoms. The molecule has 1 amide bonds. The summed E-state index contributed by atoms with van der Waals surface area (Å²) in [6, 6.07) is 2.15. The predicted molar refractivity (Wildman–Crippen MR) is 69.9 cm³/mol. The molecule has 3 unspecified atom stereocenters. The number of hydrogen-bond acceptors (Lipinski definition) is 4. The van der Waals surface area contributed by atoms with Crippen molar-refractivity contribution in [3.05, 3.63) is 11.3 Å². The number of carbonyl (C=O) groups excluding carboxylic acids is 1. The number of aromatic amines is 1. The summed E-state index contributed by atoms with van der Waals surface area (Å²) < 4.78 is 5.58. The summed E-state index contributed by atoms with van der Waals surface area (Å²) >= 11 is 0. The van der Waals surface area contributed by atoms with Crippen LogP contribution in [0, 0.1) is 23.2 Å². The fourth-order valence-corrected chi connectivity index (χ4v) is 3.22. The van der Waals surface area contributed by atoms with E-state index in [0.29, 0.717) is 23.2 Å². The highest BCUT2D eigenvalue weighted by Crippen LogP contribution is 2.48. The summed E-state index contributed by atoms with van der Waals surface area (Å²) in [5.74, 6) is 1.02. The molecule has 4 rings (SSSR count). The van der Waals surface area contributed by atoms with E-state index in [1.807, 2.05) is 0 Å². The van der Waals surface area contributed by atoms with Gasteiger partial charge in [0.05, 0.1) is 17.7 Å². The van der Waals surface area contributed by atoms with Gasteiger partial charge in [-0.1, -0.05) is 0 Å². The van der Waals surface area contributed by atoms with E-state index in [2.05, 4.69) is 21.6 Å². The lowest BCUT2D eigenvalue weighted by atomic mass is 10.1. The normalized spacial score (nSPS) is 31.2. The second kappa shape index (κ2) is 4.32. The molecule has 0 aromatic carbocycles. The average Bonchev–Trinajstić information content (AvgIpc) is 3.36. The van der Waals surface area contributed by atoms with Crippen molar-refractivity contribution < 1.29 is 9.53 Å². The lowest BCUT2D eigenvalue weighted by molar-refractivity contribution is -0.118. The van der Waals surface area contributed by atoms with Crippen LogP contribution in [0.5, 0.6) is 0 Å². The molecule has 0 radical (unpaired) electrons. The van der Waals surface area contributed by atoms with E-state index in [4.69, 9.17) is 4.74 Å². The van der Waals surface area contributed by atoms with Crippen LogP contribution in [-0.2, 0) is 9.53 Å². The van der Waals surface area contributed by atoms with Crippen LogP contribution in [-0.4, -0.2) is 28.8 Å². The van der Waals surface area contributed by atoms with Gasteiger partial charge in [-0.3, -0.25) is 9.89 Å². The van der Waals surface area contributed by atoms with Crippen LogP contribution >= 0.6 is 0 Å². The number of nitrogens with zero attached hydrogens (tertiary/aromatic N) is 2. The zero-order valence-corrected chi connectivity index (χ0v) is 11.1. The Morgan fingerprint density at radius 3 is 2.95 bits per heavy atom. The minimum atomic E-state index is -0.0647. The van der Waals surface area contributed by atoms with Crippen molar-refractivity contribution in [1.82, 2.24) is 10.2 Å². The van der Waals surface area contributed by atoms with Gasteiger partial charge in [0.15, 0.2) is 5.82 Å². The fraction of sp³-hybridized carbons (Fsp3) is 0.643. The molecule has 3 aliphatic rings. The Kier molecular flexibility index (Phi) is 2.57. The standard InChI is InChI=1S/C14H16N4O2/c15-6-9-11(7-3-4-7)17-18-13(9)16-14(19)10-8-2-1-5-20-12(8)10/h7-8,10,12H,1-5H2,(H2,16,17,18,19). The van der Waals surface area contributed by atoms with E-state index in [-0.39, 0.29) is 17.9 Å². The Morgan fingerprint density at radius 1 is 1.45 bits per heavy atom. The van der Waals surface area contributed by atoms with E-state index in [1.165, 1.54) is 0 Å². The maximum Gasteiger partial charge on any atom is 0.231 e. The molecule has 1 aliphatic heterocycles. The molecule has 1 saturated heterocycles. The Balaban J connectivity index is 1.49. The zero-order chi connectivity index (χ0) is 13.7. The number of amides is 1. The van der Waals surface area contributed by atoms with E-state index in [9.17, 15) is 10.1 Å². The maximum atomic E-state index is 12.2. The quantitative estimate of drug-likeness (QED) is 0.872. The zero-order valence-electron chi connectivity index (χ0n) is 11.1. The van der Waals surface area contributed by atoms with E-state index < -0.39 is 0 Å². The third kappa shape index (κ3) is 1.81. The molecular weight excluding hydrogens is 256 g/mol. The smallest absolute Gasteiger partial charge is 0.231 e. The first-order valence-corrected chi connectivity index (χ1v) is 7.20. The van der Waals surface area contributed by atoms with Gasteiger partial charge in [-0.2, -0.15) is 10.4 Å². The second-order valence-electron chi connectivity index (χ2n) is 5.90. The molecular formula is C14H16N4O2. The first kappa shape index (κ1) is 11.9. The van der Waals surface area contributed by atoms with Crippen LogP contribution in [0.2, 0.25) is 0 Å². The number of hydrogen-bond donors (Lipinski definition) is 2. The first-order chi connectivity index (χ1) is 9.79. The van der Waals surface area contributed by atoms with E-state index in [0.717, 1.165) is 38.0 Å². The molecule has 0 bridgehead atoms. The molecule has 1 aromatic heterocycles. The van der Waals surface area contributed by atoms with Crippen LogP contribution in [0.1, 0.15) is 42.9 Å². The SMILES string of the molecule is N#Cc1c(NC(=O)C2C3CCCOC32)n[nH]c1C1CC1. The number of carbonyl (C=O) groups is 1. The summed E-state index contributed by atoms with van der Waals surface area (Å²) in [6.45, 7) is 0.753. The van der Waals surface area contributed by atoms with Crippen LogP contribution < -0.4 is 5.32 Å². The highest BCUT2D eigenvalue weighted by atomic mass is 16.5. The lowest BCUT2D eigenvalue weighted by Crippen LogP contribution is -2.17. The van der Waals surface area contributed by atoms with E-state index >= 15 is 0 Å². The van der Waals surface area contributed by atoms with Gasteiger partial charge in [-0.05, 0) is 25.7 Å². The summed E-state index contributed by atoms with van der Waals surface area (Å²) in [7, 11) is 0. The molecule has 2 heterocycles. The van der Waals surface area contributed by atoms with Gasteiger partial charge in [0.1, 0.15) is 11.6 Å². The van der Waals surface area contributed by atoms with Crippen molar-refractivity contribution in [2.24, 2.45) is 11.8 Å². The Bertz CT molecular complexity index is 587. The molecule has 2 saturated carbocycles. The third-order valence-corrected chi connectivity index (χ3v) is 4.52. The molecule has 1 aromatic rings. The van der Waals surface area contributed by atoms with Gasteiger partial charge in [0, 0.05) is 18.4 Å². The van der Waals surface area contributed by atoms with Crippen molar-refractivity contribution in [3.63, 3.8) is 0 Å². The summed E-state index contributed by atoms with van der Waals surface area (Å²) in [5.41, 5.74) is 1.36. The lowest BCUT2D eigenvalue weighted by Gasteiger charge is -2.07. The number of aromatic nitrogens is 2. The molecule has 6 nitrogen and oxygen atoms in total. The summed E-state index contributed by atoms with van der Waals surface area (Å²) in [6.07, 6.45) is 4.34. The number of ether oxygens (including phenoxy) is 1. The number of nitriles is 1. The van der Waals surface area contributed by atoms with Gasteiger partial charge in [-0.25, -0.2) is 0 Å². The molecule has 3 fully saturated rings. The fourth-order valence-electron chi connectivity index (χ4n) is 3.22. The van der Waals surface area contributed by atoms with Gasteiger partial charge in [0.2, 0.25) is 5.91 Å². The molecule has 2 N–H and O–H groups in total. The third-order valence-electron chi connectivity index (χ3n) is 4.52. The van der Waals surface area contributed by atoms with Crippen molar-refractivity contribution in [1.29, 1.82) is 5.26 Å². The Hall–Kier alpha value is -1.87. The number of anilines is 1. The van der Waals surface area contributed by atoms with Gasteiger partial charge in [0.25, 0.3) is 0 Å². The Morgan fingerprint density at radius 2 is 2.30 bits per heavy atom. The molecule has 104 valence electrons. The minimum Gasteiger partial charge on any atom is -0.377 e. The van der Waals surface area contributed by atoms with Crippen molar-refractivity contribution >= 4 is 11.7 Å². The van der Waals surface area contributed by atoms with Crippen molar-refractivity contribution in [3.8, 4) is 6.07 Å². The van der Waals surface area contributed by atoms with Gasteiger partial charge < -0.3 is 10.1 Å². The van der Waals surface area contributed by atoms with Gasteiger partial charge >= 0.3 is 0 Å². The Labute approximate surface area is 116 Å². The summed E-state index contributed by atoms with van der Waals surface area (Å²) in [5, 5.41) is 19.0. The average molecular weight is 272 g/mol. The van der Waals surface area contributed by atoms with Crippen LogP contribution in [0.4, 0.5) is 5.82 Å².